The van der Waals surface area contributed by atoms with Crippen molar-refractivity contribution >= 4 is 5.82 Å². The van der Waals surface area contributed by atoms with Gasteiger partial charge in [0.25, 0.3) is 6.43 Å². The third kappa shape index (κ3) is 4.24. The first-order valence-corrected chi connectivity index (χ1v) is 5.32. The Balaban J connectivity index is 2.79. The van der Waals surface area contributed by atoms with Crippen molar-refractivity contribution in [3.05, 3.63) is 23.9 Å². The number of aromatic nitrogens is 1. The molecule has 1 unspecified atom stereocenters. The van der Waals surface area contributed by atoms with E-state index in [4.69, 9.17) is 5.11 Å². The van der Waals surface area contributed by atoms with Crippen molar-refractivity contribution in [3.63, 3.8) is 0 Å². The second-order valence-electron chi connectivity index (χ2n) is 3.69. The van der Waals surface area contributed by atoms with Gasteiger partial charge >= 0.3 is 0 Å². The lowest BCUT2D eigenvalue weighted by atomic mass is 10.2. The van der Waals surface area contributed by atoms with Gasteiger partial charge in [-0.3, -0.25) is 0 Å². The Hall–Kier alpha value is -1.27. The molecule has 0 aliphatic rings. The lowest BCUT2D eigenvalue weighted by Crippen LogP contribution is -2.32. The zero-order valence-corrected chi connectivity index (χ0v) is 9.55. The van der Waals surface area contributed by atoms with Crippen LogP contribution in [0.1, 0.15) is 18.6 Å². The van der Waals surface area contributed by atoms with Crippen molar-refractivity contribution in [1.82, 2.24) is 4.98 Å². The zero-order valence-electron chi connectivity index (χ0n) is 9.55. The standard InChI is InChI=1S/C11H16F2N2O2/c1-8(17)9-2-3-11(14-6-9)15(4-5-16)7-10(12)13/h2-3,6,8,10,16-17H,4-5,7H2,1H3. The highest BCUT2D eigenvalue weighted by Gasteiger charge is 2.13. The summed E-state index contributed by atoms with van der Waals surface area (Å²) in [6.45, 7) is 1.01. The predicted molar refractivity (Wildman–Crippen MR) is 60.2 cm³/mol. The van der Waals surface area contributed by atoms with Gasteiger partial charge < -0.3 is 15.1 Å². The molecule has 0 saturated carbocycles. The van der Waals surface area contributed by atoms with Gasteiger partial charge in [-0.05, 0) is 18.6 Å². The molecule has 0 aliphatic heterocycles. The van der Waals surface area contributed by atoms with E-state index in [0.717, 1.165) is 0 Å². The molecule has 6 heteroatoms. The fourth-order valence-corrected chi connectivity index (χ4v) is 1.42. The number of nitrogens with zero attached hydrogens (tertiary/aromatic N) is 2. The molecule has 1 heterocycles. The van der Waals surface area contributed by atoms with Gasteiger partial charge in [0.1, 0.15) is 5.82 Å². The fraction of sp³-hybridized carbons (Fsp3) is 0.545. The Morgan fingerprint density at radius 2 is 2.12 bits per heavy atom. The van der Waals surface area contributed by atoms with Crippen LogP contribution in [0.25, 0.3) is 0 Å². The molecule has 0 spiro atoms. The van der Waals surface area contributed by atoms with Crippen LogP contribution in [0.2, 0.25) is 0 Å². The number of alkyl halides is 2. The average molecular weight is 246 g/mol. The van der Waals surface area contributed by atoms with Gasteiger partial charge in [0, 0.05) is 12.7 Å². The number of pyridine rings is 1. The summed E-state index contributed by atoms with van der Waals surface area (Å²) in [7, 11) is 0. The van der Waals surface area contributed by atoms with E-state index in [2.05, 4.69) is 4.98 Å². The molecule has 0 saturated heterocycles. The number of anilines is 1. The van der Waals surface area contributed by atoms with Crippen molar-refractivity contribution in [1.29, 1.82) is 0 Å². The monoisotopic (exact) mass is 246 g/mol. The Kier molecular flexibility index (Phi) is 5.24. The molecule has 1 atom stereocenters. The van der Waals surface area contributed by atoms with Crippen LogP contribution in [0, 0.1) is 0 Å². The third-order valence-corrected chi connectivity index (χ3v) is 2.31. The van der Waals surface area contributed by atoms with Crippen LogP contribution in [0.15, 0.2) is 18.3 Å². The summed E-state index contributed by atoms with van der Waals surface area (Å²) in [5, 5.41) is 18.1. The van der Waals surface area contributed by atoms with E-state index >= 15 is 0 Å². The van der Waals surface area contributed by atoms with Gasteiger partial charge in [-0.25, -0.2) is 13.8 Å². The van der Waals surface area contributed by atoms with Gasteiger partial charge in [-0.1, -0.05) is 6.07 Å². The van der Waals surface area contributed by atoms with Gasteiger partial charge in [-0.2, -0.15) is 0 Å². The van der Waals surface area contributed by atoms with Crippen molar-refractivity contribution in [2.45, 2.75) is 19.5 Å². The van der Waals surface area contributed by atoms with Crippen LogP contribution in [-0.2, 0) is 0 Å². The van der Waals surface area contributed by atoms with E-state index in [0.29, 0.717) is 11.4 Å². The lowest BCUT2D eigenvalue weighted by molar-refractivity contribution is 0.152. The predicted octanol–water partition coefficient (Wildman–Crippen LogP) is 1.20. The first-order chi connectivity index (χ1) is 8.04. The Bertz CT molecular complexity index is 331. The van der Waals surface area contributed by atoms with Crippen LogP contribution < -0.4 is 4.90 Å². The molecule has 4 nitrogen and oxygen atoms in total. The van der Waals surface area contributed by atoms with E-state index in [1.807, 2.05) is 0 Å². The Morgan fingerprint density at radius 1 is 1.41 bits per heavy atom. The normalized spacial score (nSPS) is 12.8. The van der Waals surface area contributed by atoms with Crippen molar-refractivity contribution in [2.75, 3.05) is 24.6 Å². The second-order valence-corrected chi connectivity index (χ2v) is 3.69. The summed E-state index contributed by atoms with van der Waals surface area (Å²) in [6.07, 6.45) is -1.69. The van der Waals surface area contributed by atoms with E-state index in [-0.39, 0.29) is 13.2 Å². The van der Waals surface area contributed by atoms with Gasteiger partial charge in [-0.15, -0.1) is 0 Å². The van der Waals surface area contributed by atoms with Gasteiger partial charge in [0.15, 0.2) is 0 Å². The topological polar surface area (TPSA) is 56.6 Å². The number of aliphatic hydroxyl groups is 2. The SMILES string of the molecule is CC(O)c1ccc(N(CCO)CC(F)F)nc1. The summed E-state index contributed by atoms with van der Waals surface area (Å²) in [5.41, 5.74) is 0.620. The first kappa shape index (κ1) is 13.8. The van der Waals surface area contributed by atoms with Gasteiger partial charge in [0.2, 0.25) is 0 Å². The van der Waals surface area contributed by atoms with E-state index in [9.17, 15) is 13.9 Å². The molecule has 1 rings (SSSR count). The maximum Gasteiger partial charge on any atom is 0.255 e. The molecule has 0 amide bonds. The zero-order chi connectivity index (χ0) is 12.8. The summed E-state index contributed by atoms with van der Waals surface area (Å²) in [4.78, 5) is 5.30. The smallest absolute Gasteiger partial charge is 0.255 e. The molecule has 1 aromatic rings. The van der Waals surface area contributed by atoms with E-state index in [1.165, 1.54) is 11.1 Å². The average Bonchev–Trinajstić information content (AvgIpc) is 2.28. The van der Waals surface area contributed by atoms with E-state index in [1.54, 1.807) is 19.1 Å². The molecule has 0 aliphatic carbocycles. The van der Waals surface area contributed by atoms with Crippen LogP contribution in [-0.4, -0.2) is 41.3 Å². The maximum absolute atomic E-state index is 12.3. The quantitative estimate of drug-likeness (QED) is 0.792. The van der Waals surface area contributed by atoms with Crippen LogP contribution >= 0.6 is 0 Å². The number of hydrogen-bond acceptors (Lipinski definition) is 4. The molecule has 0 bridgehead atoms. The summed E-state index contributed by atoms with van der Waals surface area (Å²) >= 11 is 0. The van der Waals surface area contributed by atoms with Gasteiger partial charge in [0.05, 0.1) is 19.3 Å². The molecule has 0 radical (unpaired) electrons. The highest BCUT2D eigenvalue weighted by Crippen LogP contribution is 2.16. The highest BCUT2D eigenvalue weighted by atomic mass is 19.3. The van der Waals surface area contributed by atoms with Crippen molar-refractivity contribution < 1.29 is 19.0 Å². The second kappa shape index (κ2) is 6.46. The number of rotatable bonds is 6. The van der Waals surface area contributed by atoms with Crippen molar-refractivity contribution in [3.8, 4) is 0 Å². The van der Waals surface area contributed by atoms with Crippen molar-refractivity contribution in [2.24, 2.45) is 0 Å². The maximum atomic E-state index is 12.3. The summed E-state index contributed by atoms with van der Waals surface area (Å²) in [5.74, 6) is 0.365. The molecule has 17 heavy (non-hydrogen) atoms. The highest BCUT2D eigenvalue weighted by molar-refractivity contribution is 5.39. The largest absolute Gasteiger partial charge is 0.395 e. The number of aliphatic hydroxyl groups excluding tert-OH is 2. The summed E-state index contributed by atoms with van der Waals surface area (Å²) in [6, 6.07) is 3.18. The molecule has 0 aromatic carbocycles. The summed E-state index contributed by atoms with van der Waals surface area (Å²) < 4.78 is 24.6. The molecule has 1 aromatic heterocycles. The molecule has 96 valence electrons. The lowest BCUT2D eigenvalue weighted by Gasteiger charge is -2.22. The molecular formula is C11H16F2N2O2. The van der Waals surface area contributed by atoms with E-state index < -0.39 is 19.1 Å². The molecule has 0 fully saturated rings. The number of halogens is 2. The molecular weight excluding hydrogens is 230 g/mol. The number of hydrogen-bond donors (Lipinski definition) is 2. The minimum atomic E-state index is -2.49. The Labute approximate surface area is 98.5 Å². The first-order valence-electron chi connectivity index (χ1n) is 5.32. The Morgan fingerprint density at radius 3 is 2.53 bits per heavy atom. The third-order valence-electron chi connectivity index (χ3n) is 2.31. The van der Waals surface area contributed by atoms with Crippen LogP contribution in [0.3, 0.4) is 0 Å². The van der Waals surface area contributed by atoms with Crippen LogP contribution in [0.5, 0.6) is 0 Å². The minimum Gasteiger partial charge on any atom is -0.395 e. The fourth-order valence-electron chi connectivity index (χ4n) is 1.42. The minimum absolute atomic E-state index is 0.103. The molecule has 2 N–H and O–H groups in total. The van der Waals surface area contributed by atoms with Crippen LogP contribution in [0.4, 0.5) is 14.6 Å².